The van der Waals surface area contributed by atoms with Gasteiger partial charge in [0.1, 0.15) is 12.0 Å². The van der Waals surface area contributed by atoms with E-state index in [1.54, 1.807) is 13.1 Å². The first kappa shape index (κ1) is 14.6. The summed E-state index contributed by atoms with van der Waals surface area (Å²) < 4.78 is 1.40. The van der Waals surface area contributed by atoms with Crippen LogP contribution in [-0.2, 0) is 16.6 Å². The molecule has 0 saturated carbocycles. The molecule has 0 aliphatic heterocycles. The molecule has 1 aromatic heterocycles. The van der Waals surface area contributed by atoms with E-state index in [-0.39, 0.29) is 5.91 Å². The third kappa shape index (κ3) is 4.74. The first-order chi connectivity index (χ1) is 9.04. The molecule has 7 heteroatoms. The Balaban J connectivity index is 2.49. The number of aliphatic carboxylic acids is 1. The van der Waals surface area contributed by atoms with Gasteiger partial charge in [-0.1, -0.05) is 6.08 Å². The SMILES string of the molecule is Cn1nccc1C(=O)NC(C=O)CCC=CC(=O)O. The quantitative estimate of drug-likeness (QED) is 0.539. The number of carbonyl (C=O) groups is 3. The van der Waals surface area contributed by atoms with Gasteiger partial charge in [0.25, 0.3) is 5.91 Å². The van der Waals surface area contributed by atoms with Gasteiger partial charge >= 0.3 is 5.97 Å². The van der Waals surface area contributed by atoms with Crippen molar-refractivity contribution in [2.24, 2.45) is 7.05 Å². The van der Waals surface area contributed by atoms with Crippen LogP contribution >= 0.6 is 0 Å². The lowest BCUT2D eigenvalue weighted by Gasteiger charge is -2.11. The summed E-state index contributed by atoms with van der Waals surface area (Å²) in [5.41, 5.74) is 0.355. The molecule has 0 aliphatic carbocycles. The summed E-state index contributed by atoms with van der Waals surface area (Å²) >= 11 is 0. The molecule has 1 aromatic rings. The van der Waals surface area contributed by atoms with E-state index in [4.69, 9.17) is 5.11 Å². The molecule has 1 rings (SSSR count). The average Bonchev–Trinajstić information content (AvgIpc) is 2.79. The first-order valence-electron chi connectivity index (χ1n) is 5.68. The number of carbonyl (C=O) groups excluding carboxylic acids is 2. The van der Waals surface area contributed by atoms with E-state index in [9.17, 15) is 14.4 Å². The van der Waals surface area contributed by atoms with Crippen molar-refractivity contribution in [3.05, 3.63) is 30.1 Å². The van der Waals surface area contributed by atoms with E-state index >= 15 is 0 Å². The van der Waals surface area contributed by atoms with Crippen LogP contribution in [0.4, 0.5) is 0 Å². The van der Waals surface area contributed by atoms with Gasteiger partial charge in [-0.2, -0.15) is 5.10 Å². The predicted molar refractivity (Wildman–Crippen MR) is 66.5 cm³/mol. The lowest BCUT2D eigenvalue weighted by atomic mass is 10.1. The Labute approximate surface area is 109 Å². The number of carboxylic acids is 1. The Bertz CT molecular complexity index is 493. The minimum Gasteiger partial charge on any atom is -0.478 e. The molecule has 7 nitrogen and oxygen atoms in total. The third-order valence-electron chi connectivity index (χ3n) is 2.44. The summed E-state index contributed by atoms with van der Waals surface area (Å²) in [4.78, 5) is 32.9. The van der Waals surface area contributed by atoms with Crippen LogP contribution in [0.3, 0.4) is 0 Å². The van der Waals surface area contributed by atoms with Gasteiger partial charge in [-0.15, -0.1) is 0 Å². The lowest BCUT2D eigenvalue weighted by molar-refractivity contribution is -0.131. The van der Waals surface area contributed by atoms with E-state index < -0.39 is 12.0 Å². The number of amides is 1. The van der Waals surface area contributed by atoms with Gasteiger partial charge in [0.2, 0.25) is 0 Å². The van der Waals surface area contributed by atoms with Gasteiger partial charge in [0.15, 0.2) is 0 Å². The zero-order chi connectivity index (χ0) is 14.3. The lowest BCUT2D eigenvalue weighted by Crippen LogP contribution is -2.36. The van der Waals surface area contributed by atoms with Crippen LogP contribution in [0, 0.1) is 0 Å². The summed E-state index contributed by atoms with van der Waals surface area (Å²) in [7, 11) is 1.63. The summed E-state index contributed by atoms with van der Waals surface area (Å²) in [5.74, 6) is -1.43. The molecular formula is C12H15N3O4. The highest BCUT2D eigenvalue weighted by molar-refractivity contribution is 5.94. The number of aldehydes is 1. The van der Waals surface area contributed by atoms with Gasteiger partial charge in [-0.05, 0) is 18.9 Å². The Hall–Kier alpha value is -2.44. The smallest absolute Gasteiger partial charge is 0.327 e. The fourth-order valence-corrected chi connectivity index (χ4v) is 1.47. The fraction of sp³-hybridized carbons (Fsp3) is 0.333. The fourth-order valence-electron chi connectivity index (χ4n) is 1.47. The molecule has 1 atom stereocenters. The van der Waals surface area contributed by atoms with Crippen molar-refractivity contribution in [3.8, 4) is 0 Å². The number of allylic oxidation sites excluding steroid dienone is 1. The van der Waals surface area contributed by atoms with Crippen LogP contribution in [0.25, 0.3) is 0 Å². The largest absolute Gasteiger partial charge is 0.478 e. The molecule has 2 N–H and O–H groups in total. The zero-order valence-corrected chi connectivity index (χ0v) is 10.4. The van der Waals surface area contributed by atoms with Crippen molar-refractivity contribution in [2.45, 2.75) is 18.9 Å². The Kier molecular flexibility index (Phi) is 5.46. The van der Waals surface area contributed by atoms with Crippen molar-refractivity contribution in [3.63, 3.8) is 0 Å². The molecule has 0 spiro atoms. The number of carboxylic acid groups (broad SMARTS) is 1. The molecule has 1 amide bonds. The minimum absolute atomic E-state index is 0.344. The second-order valence-corrected chi connectivity index (χ2v) is 3.87. The molecule has 0 aromatic carbocycles. The number of aromatic nitrogens is 2. The summed E-state index contributed by atoms with van der Waals surface area (Å²) in [6.45, 7) is 0. The number of hydrogen-bond acceptors (Lipinski definition) is 4. The zero-order valence-electron chi connectivity index (χ0n) is 10.4. The topological polar surface area (TPSA) is 101 Å². The number of nitrogens with one attached hydrogen (secondary N) is 1. The highest BCUT2D eigenvalue weighted by Crippen LogP contribution is 2.00. The second-order valence-electron chi connectivity index (χ2n) is 3.87. The van der Waals surface area contributed by atoms with E-state index in [1.165, 1.54) is 17.0 Å². The number of nitrogens with zero attached hydrogens (tertiary/aromatic N) is 2. The first-order valence-corrected chi connectivity index (χ1v) is 5.68. The minimum atomic E-state index is -1.04. The predicted octanol–water partition coefficient (Wildman–Crippen LogP) is 0.138. The molecule has 19 heavy (non-hydrogen) atoms. The summed E-state index contributed by atoms with van der Waals surface area (Å²) in [5, 5.41) is 14.8. The van der Waals surface area contributed by atoms with Gasteiger partial charge in [-0.3, -0.25) is 9.48 Å². The molecule has 0 fully saturated rings. The molecule has 102 valence electrons. The molecule has 1 unspecified atom stereocenters. The Morgan fingerprint density at radius 1 is 1.58 bits per heavy atom. The maximum absolute atomic E-state index is 11.8. The van der Waals surface area contributed by atoms with Gasteiger partial charge in [0, 0.05) is 19.3 Å². The van der Waals surface area contributed by atoms with Crippen LogP contribution in [-0.4, -0.2) is 39.1 Å². The van der Waals surface area contributed by atoms with E-state index in [0.717, 1.165) is 6.08 Å². The standard InChI is InChI=1S/C12H15N3O4/c1-15-10(6-7-13-15)12(19)14-9(8-16)4-2-3-5-11(17)18/h3,5-9H,2,4H2,1H3,(H,14,19)(H,17,18). The molecule has 0 saturated heterocycles. The Morgan fingerprint density at radius 2 is 2.32 bits per heavy atom. The molecule has 0 aliphatic rings. The molecule has 0 bridgehead atoms. The van der Waals surface area contributed by atoms with Crippen molar-refractivity contribution in [2.75, 3.05) is 0 Å². The van der Waals surface area contributed by atoms with Crippen LogP contribution in [0.2, 0.25) is 0 Å². The van der Waals surface area contributed by atoms with Gasteiger partial charge in [-0.25, -0.2) is 4.79 Å². The number of hydrogen-bond donors (Lipinski definition) is 2. The number of aryl methyl sites for hydroxylation is 1. The van der Waals surface area contributed by atoms with Gasteiger partial charge < -0.3 is 15.2 Å². The highest BCUT2D eigenvalue weighted by atomic mass is 16.4. The van der Waals surface area contributed by atoms with Crippen LogP contribution in [0.1, 0.15) is 23.3 Å². The van der Waals surface area contributed by atoms with Crippen molar-refractivity contribution in [1.82, 2.24) is 15.1 Å². The third-order valence-corrected chi connectivity index (χ3v) is 2.44. The summed E-state index contributed by atoms with van der Waals surface area (Å²) in [6, 6.07) is 0.891. The summed E-state index contributed by atoms with van der Waals surface area (Å²) in [6.07, 6.45) is 5.29. The highest BCUT2D eigenvalue weighted by Gasteiger charge is 2.14. The molecular weight excluding hydrogens is 250 g/mol. The van der Waals surface area contributed by atoms with Crippen LogP contribution < -0.4 is 5.32 Å². The van der Waals surface area contributed by atoms with E-state index in [1.807, 2.05) is 0 Å². The van der Waals surface area contributed by atoms with E-state index in [0.29, 0.717) is 24.8 Å². The van der Waals surface area contributed by atoms with Crippen molar-refractivity contribution >= 4 is 18.2 Å². The van der Waals surface area contributed by atoms with Crippen LogP contribution in [0.5, 0.6) is 0 Å². The maximum atomic E-state index is 11.8. The van der Waals surface area contributed by atoms with E-state index in [2.05, 4.69) is 10.4 Å². The molecule has 0 radical (unpaired) electrons. The Morgan fingerprint density at radius 3 is 2.84 bits per heavy atom. The second kappa shape index (κ2) is 7.10. The van der Waals surface area contributed by atoms with Gasteiger partial charge in [0.05, 0.1) is 6.04 Å². The average molecular weight is 265 g/mol. The van der Waals surface area contributed by atoms with Crippen LogP contribution in [0.15, 0.2) is 24.4 Å². The van der Waals surface area contributed by atoms with Crippen molar-refractivity contribution < 1.29 is 19.5 Å². The molecule has 1 heterocycles. The number of rotatable bonds is 7. The normalized spacial score (nSPS) is 12.3. The maximum Gasteiger partial charge on any atom is 0.327 e. The monoisotopic (exact) mass is 265 g/mol. The van der Waals surface area contributed by atoms with Crippen molar-refractivity contribution in [1.29, 1.82) is 0 Å².